The van der Waals surface area contributed by atoms with Crippen molar-refractivity contribution in [3.05, 3.63) is 42.1 Å². The summed E-state index contributed by atoms with van der Waals surface area (Å²) in [6.45, 7) is 3.69. The van der Waals surface area contributed by atoms with Crippen molar-refractivity contribution in [3.8, 4) is 11.6 Å². The predicted molar refractivity (Wildman–Crippen MR) is 166 cm³/mol. The summed E-state index contributed by atoms with van der Waals surface area (Å²) in [5, 5.41) is 10.1. The van der Waals surface area contributed by atoms with Crippen molar-refractivity contribution in [2.24, 2.45) is 0 Å². The molecule has 1 aromatic heterocycles. The molecular weight excluding hydrogens is 594 g/mol. The van der Waals surface area contributed by atoms with Crippen molar-refractivity contribution in [1.82, 2.24) is 35.1 Å². The Labute approximate surface area is 268 Å². The van der Waals surface area contributed by atoms with Gasteiger partial charge in [0.05, 0.1) is 18.8 Å². The van der Waals surface area contributed by atoms with E-state index in [0.717, 1.165) is 38.5 Å². The quantitative estimate of drug-likeness (QED) is 0.334. The van der Waals surface area contributed by atoms with E-state index >= 15 is 0 Å². The first-order valence-electron chi connectivity index (χ1n) is 16.2. The van der Waals surface area contributed by atoms with E-state index in [9.17, 15) is 24.0 Å². The van der Waals surface area contributed by atoms with Crippen molar-refractivity contribution in [1.29, 1.82) is 0 Å². The Bertz CT molecular complexity index is 1390. The van der Waals surface area contributed by atoms with Crippen LogP contribution in [-0.2, 0) is 19.1 Å². The zero-order chi connectivity index (χ0) is 32.5. The number of hydrogen-bond acceptors (Lipinski definition) is 8. The first-order chi connectivity index (χ1) is 22.3. The van der Waals surface area contributed by atoms with Gasteiger partial charge in [0.25, 0.3) is 11.8 Å². The van der Waals surface area contributed by atoms with E-state index in [1.54, 1.807) is 26.8 Å². The highest BCUT2D eigenvalue weighted by molar-refractivity contribution is 5.95. The summed E-state index contributed by atoms with van der Waals surface area (Å²) in [6.07, 6.45) is 5.75. The van der Waals surface area contributed by atoms with E-state index in [4.69, 9.17) is 9.47 Å². The Hall–Kier alpha value is -4.62. The molecule has 1 atom stereocenters. The normalized spacial score (nSPS) is 18.1. The molecular formula is C32H43N7O7. The van der Waals surface area contributed by atoms with Crippen LogP contribution in [0.25, 0.3) is 5.69 Å². The van der Waals surface area contributed by atoms with Gasteiger partial charge in [-0.25, -0.2) is 9.48 Å². The van der Waals surface area contributed by atoms with Gasteiger partial charge in [-0.1, -0.05) is 31.5 Å². The molecule has 5 amide bonds. The van der Waals surface area contributed by atoms with Gasteiger partial charge in [-0.2, -0.15) is 5.10 Å². The van der Waals surface area contributed by atoms with Crippen molar-refractivity contribution in [2.75, 3.05) is 52.5 Å². The molecule has 2 aromatic rings. The number of unbranched alkanes of at least 4 members (excludes halogenated alkanes) is 1. The highest BCUT2D eigenvalue weighted by Crippen LogP contribution is 2.23. The van der Waals surface area contributed by atoms with Crippen LogP contribution in [0.4, 0.5) is 4.79 Å². The maximum absolute atomic E-state index is 13.2. The van der Waals surface area contributed by atoms with E-state index in [0.29, 0.717) is 51.4 Å². The molecule has 5 rings (SSSR count). The lowest BCUT2D eigenvalue weighted by Crippen LogP contribution is -2.52. The van der Waals surface area contributed by atoms with Crippen LogP contribution in [0, 0.1) is 0 Å². The van der Waals surface area contributed by atoms with Gasteiger partial charge in [-0.15, -0.1) is 0 Å². The highest BCUT2D eigenvalue weighted by Gasteiger charge is 2.36. The minimum atomic E-state index is -0.579. The van der Waals surface area contributed by atoms with Crippen molar-refractivity contribution >= 4 is 29.7 Å². The Kier molecular flexibility index (Phi) is 11.1. The molecule has 3 heterocycles. The number of carbonyl (C=O) groups excluding carboxylic acids is 5. The molecule has 2 saturated heterocycles. The van der Waals surface area contributed by atoms with Crippen molar-refractivity contribution in [3.63, 3.8) is 0 Å². The van der Waals surface area contributed by atoms with Crippen molar-refractivity contribution < 1.29 is 33.4 Å². The van der Waals surface area contributed by atoms with Crippen LogP contribution in [-0.4, -0.2) is 119 Å². The average molecular weight is 638 g/mol. The molecule has 1 aliphatic carbocycles. The number of nitrogens with one attached hydrogen (secondary N) is 2. The molecule has 0 bridgehead atoms. The molecule has 14 heteroatoms. The highest BCUT2D eigenvalue weighted by atomic mass is 16.6. The van der Waals surface area contributed by atoms with Crippen LogP contribution in [0.5, 0.6) is 5.88 Å². The molecule has 46 heavy (non-hydrogen) atoms. The fraction of sp³-hybridized carbons (Fsp3) is 0.562. The fourth-order valence-electron chi connectivity index (χ4n) is 5.63. The summed E-state index contributed by atoms with van der Waals surface area (Å²) in [4.78, 5) is 68.8. The minimum Gasteiger partial charge on any atom is -0.467 e. The van der Waals surface area contributed by atoms with Crippen LogP contribution >= 0.6 is 0 Å². The number of ether oxygens (including phenoxy) is 2. The Morgan fingerprint density at radius 3 is 2.35 bits per heavy atom. The van der Waals surface area contributed by atoms with Gasteiger partial charge < -0.3 is 34.8 Å². The smallest absolute Gasteiger partial charge is 0.409 e. The number of piperazine rings is 1. The average Bonchev–Trinajstić information content (AvgIpc) is 3.73. The first-order valence-corrected chi connectivity index (χ1v) is 16.2. The molecule has 1 aromatic carbocycles. The maximum atomic E-state index is 13.2. The number of aromatic nitrogens is 2. The van der Waals surface area contributed by atoms with Gasteiger partial charge in [-0.05, 0) is 50.7 Å². The van der Waals surface area contributed by atoms with Crippen LogP contribution in [0.2, 0.25) is 0 Å². The largest absolute Gasteiger partial charge is 0.467 e. The van der Waals surface area contributed by atoms with E-state index in [1.165, 1.54) is 10.7 Å². The number of hydrogen-bond donors (Lipinski definition) is 2. The third-order valence-corrected chi connectivity index (χ3v) is 8.60. The maximum Gasteiger partial charge on any atom is 0.409 e. The summed E-state index contributed by atoms with van der Waals surface area (Å²) in [5.41, 5.74) is 0.628. The Morgan fingerprint density at radius 2 is 1.65 bits per heavy atom. The molecule has 0 unspecified atom stereocenters. The lowest BCUT2D eigenvalue weighted by atomic mass is 9.93. The SMILES string of the molecule is CCCCOC(=O)N1CCN(C(=O)CNC(=O)c2cc(OCC(=O)N3CCC[C@H]3C(=O)NC3CCC3)n(-c3ccccc3)n2)CC1. The third kappa shape index (κ3) is 8.15. The molecule has 2 N–H and O–H groups in total. The topological polar surface area (TPSA) is 155 Å². The van der Waals surface area contributed by atoms with E-state index < -0.39 is 11.9 Å². The summed E-state index contributed by atoms with van der Waals surface area (Å²) >= 11 is 0. The van der Waals surface area contributed by atoms with Gasteiger partial charge in [0.1, 0.15) is 6.04 Å². The van der Waals surface area contributed by atoms with E-state index in [-0.39, 0.29) is 54.6 Å². The number of carbonyl (C=O) groups is 5. The predicted octanol–water partition coefficient (Wildman–Crippen LogP) is 1.72. The molecule has 1 saturated carbocycles. The summed E-state index contributed by atoms with van der Waals surface area (Å²) in [5.74, 6) is -1.13. The minimum absolute atomic E-state index is 0.0117. The number of amides is 5. The summed E-state index contributed by atoms with van der Waals surface area (Å²) in [7, 11) is 0. The van der Waals surface area contributed by atoms with Gasteiger partial charge >= 0.3 is 6.09 Å². The molecule has 248 valence electrons. The molecule has 2 aliphatic heterocycles. The number of para-hydroxylation sites is 1. The van der Waals surface area contributed by atoms with Gasteiger partial charge in [0, 0.05) is 44.8 Å². The van der Waals surface area contributed by atoms with Gasteiger partial charge in [-0.3, -0.25) is 19.2 Å². The fourth-order valence-corrected chi connectivity index (χ4v) is 5.63. The zero-order valence-corrected chi connectivity index (χ0v) is 26.3. The molecule has 14 nitrogen and oxygen atoms in total. The molecule has 3 fully saturated rings. The monoisotopic (exact) mass is 637 g/mol. The third-order valence-electron chi connectivity index (χ3n) is 8.60. The molecule has 0 spiro atoms. The zero-order valence-electron chi connectivity index (χ0n) is 26.3. The van der Waals surface area contributed by atoms with E-state index in [1.807, 2.05) is 25.1 Å². The van der Waals surface area contributed by atoms with Gasteiger partial charge in [0.2, 0.25) is 17.7 Å². The summed E-state index contributed by atoms with van der Waals surface area (Å²) in [6, 6.07) is 10.1. The number of benzene rings is 1. The van der Waals surface area contributed by atoms with E-state index in [2.05, 4.69) is 15.7 Å². The van der Waals surface area contributed by atoms with Gasteiger partial charge in [0.15, 0.2) is 12.3 Å². The number of nitrogens with zero attached hydrogens (tertiary/aromatic N) is 5. The van der Waals surface area contributed by atoms with Crippen LogP contribution < -0.4 is 15.4 Å². The second kappa shape index (κ2) is 15.6. The standard InChI is InChI=1S/C32H43N7O7/c1-2-3-19-45-32(44)37-17-15-36(16-18-37)27(40)21-33-30(42)25-20-29(39(35-25)24-11-5-4-6-12-24)46-22-28(41)38-14-8-13-26(38)31(43)34-23-9-7-10-23/h4-6,11-12,20,23,26H,2-3,7-10,13-19,21-22H2,1H3,(H,33,42)(H,34,43)/t26-/m0/s1. The van der Waals surface area contributed by atoms with Crippen LogP contribution in [0.15, 0.2) is 36.4 Å². The van der Waals surface area contributed by atoms with Crippen molar-refractivity contribution in [2.45, 2.75) is 64.0 Å². The van der Waals surface area contributed by atoms with Crippen LogP contribution in [0.1, 0.15) is 62.4 Å². The molecule has 3 aliphatic rings. The number of rotatable bonds is 12. The summed E-state index contributed by atoms with van der Waals surface area (Å²) < 4.78 is 12.6. The second-order valence-corrected chi connectivity index (χ2v) is 11.8. The van der Waals surface area contributed by atoms with Crippen LogP contribution in [0.3, 0.4) is 0 Å². The lowest BCUT2D eigenvalue weighted by molar-refractivity contribution is -0.140. The molecule has 0 radical (unpaired) electrons. The Balaban J connectivity index is 1.16. The number of likely N-dealkylation sites (tertiary alicyclic amines) is 1. The Morgan fingerprint density at radius 1 is 0.913 bits per heavy atom. The lowest BCUT2D eigenvalue weighted by Gasteiger charge is -2.34. The second-order valence-electron chi connectivity index (χ2n) is 11.8. The first kappa shape index (κ1) is 32.8.